The van der Waals surface area contributed by atoms with Crippen LogP contribution in [-0.4, -0.2) is 19.1 Å². The summed E-state index contributed by atoms with van der Waals surface area (Å²) in [5, 5.41) is 0. The summed E-state index contributed by atoms with van der Waals surface area (Å²) in [5.41, 5.74) is 8.45. The van der Waals surface area contributed by atoms with E-state index in [1.165, 1.54) is 11.3 Å². The maximum Gasteiger partial charge on any atom is 0.0380 e. The van der Waals surface area contributed by atoms with Crippen molar-refractivity contribution in [3.05, 3.63) is 28.2 Å². The van der Waals surface area contributed by atoms with Gasteiger partial charge in [0.2, 0.25) is 0 Å². The highest BCUT2D eigenvalue weighted by atomic mass is 79.9. The van der Waals surface area contributed by atoms with Crippen molar-refractivity contribution in [3.8, 4) is 0 Å². The minimum Gasteiger partial charge on any atom is -0.370 e. The summed E-state index contributed by atoms with van der Waals surface area (Å²) in [6.45, 7) is 4.18. The zero-order chi connectivity index (χ0) is 10.1. The summed E-state index contributed by atoms with van der Waals surface area (Å²) >= 11 is 3.52. The first-order chi connectivity index (χ1) is 6.65. The van der Waals surface area contributed by atoms with Crippen LogP contribution in [0.25, 0.3) is 0 Å². The average Bonchev–Trinajstić information content (AvgIpc) is 2.50. The van der Waals surface area contributed by atoms with E-state index in [0.717, 1.165) is 24.0 Å². The highest BCUT2D eigenvalue weighted by Crippen LogP contribution is 2.25. The van der Waals surface area contributed by atoms with Crippen LogP contribution in [0.5, 0.6) is 0 Å². The molecule has 1 aromatic carbocycles. The molecule has 3 heteroatoms. The van der Waals surface area contributed by atoms with Gasteiger partial charge in [-0.3, -0.25) is 0 Å². The predicted molar refractivity (Wildman–Crippen MR) is 63.7 cm³/mol. The Kier molecular flexibility index (Phi) is 2.79. The van der Waals surface area contributed by atoms with Gasteiger partial charge in [-0.25, -0.2) is 0 Å². The molecular formula is C11H15BrN2. The van der Waals surface area contributed by atoms with Crippen LogP contribution in [0.2, 0.25) is 0 Å². The van der Waals surface area contributed by atoms with Crippen molar-refractivity contribution in [1.82, 2.24) is 0 Å². The first-order valence-electron chi connectivity index (χ1n) is 4.93. The molecule has 0 amide bonds. The summed E-state index contributed by atoms with van der Waals surface area (Å²) < 4.78 is 1.15. The van der Waals surface area contributed by atoms with Crippen molar-refractivity contribution in [2.45, 2.75) is 19.4 Å². The van der Waals surface area contributed by atoms with E-state index in [4.69, 9.17) is 5.73 Å². The summed E-state index contributed by atoms with van der Waals surface area (Å²) in [4.78, 5) is 2.35. The number of nitrogens with zero attached hydrogens (tertiary/aromatic N) is 1. The first kappa shape index (κ1) is 9.99. The second-order valence-electron chi connectivity index (χ2n) is 3.98. The Morgan fingerprint density at radius 3 is 2.79 bits per heavy atom. The molecule has 0 saturated carbocycles. The Hall–Kier alpha value is -0.540. The van der Waals surface area contributed by atoms with Gasteiger partial charge in [0.15, 0.2) is 0 Å². The fraction of sp³-hybridized carbons (Fsp3) is 0.455. The molecule has 1 aliphatic heterocycles. The maximum absolute atomic E-state index is 5.89. The number of hydrogen-bond acceptors (Lipinski definition) is 2. The molecule has 1 unspecified atom stereocenters. The van der Waals surface area contributed by atoms with Gasteiger partial charge in [0.25, 0.3) is 0 Å². The Bertz CT molecular complexity index is 318. The smallest absolute Gasteiger partial charge is 0.0380 e. The largest absolute Gasteiger partial charge is 0.370 e. The topological polar surface area (TPSA) is 29.3 Å². The Labute approximate surface area is 93.2 Å². The first-order valence-corrected chi connectivity index (χ1v) is 5.72. The van der Waals surface area contributed by atoms with Gasteiger partial charge in [0.1, 0.15) is 0 Å². The van der Waals surface area contributed by atoms with E-state index in [0.29, 0.717) is 6.04 Å². The third-order valence-corrected chi connectivity index (χ3v) is 3.07. The van der Waals surface area contributed by atoms with E-state index >= 15 is 0 Å². The van der Waals surface area contributed by atoms with E-state index in [1.54, 1.807) is 0 Å². The lowest BCUT2D eigenvalue weighted by atomic mass is 10.2. The molecule has 0 aromatic heterocycles. The SMILES string of the molecule is Cc1cc(Br)cc(N2CCC(N)C2)c1. The minimum absolute atomic E-state index is 0.342. The lowest BCUT2D eigenvalue weighted by Gasteiger charge is -2.18. The summed E-state index contributed by atoms with van der Waals surface area (Å²) in [6, 6.07) is 6.84. The number of aryl methyl sites for hydroxylation is 1. The van der Waals surface area contributed by atoms with Crippen LogP contribution in [0.15, 0.2) is 22.7 Å². The van der Waals surface area contributed by atoms with Crippen LogP contribution < -0.4 is 10.6 Å². The monoisotopic (exact) mass is 254 g/mol. The second-order valence-corrected chi connectivity index (χ2v) is 4.90. The van der Waals surface area contributed by atoms with Gasteiger partial charge >= 0.3 is 0 Å². The lowest BCUT2D eigenvalue weighted by molar-refractivity contribution is 0.752. The van der Waals surface area contributed by atoms with Crippen molar-refractivity contribution in [1.29, 1.82) is 0 Å². The molecule has 0 aliphatic carbocycles. The molecule has 1 heterocycles. The van der Waals surface area contributed by atoms with Gasteiger partial charge in [0.05, 0.1) is 0 Å². The van der Waals surface area contributed by atoms with Gasteiger partial charge in [0, 0.05) is 29.3 Å². The van der Waals surface area contributed by atoms with Gasteiger partial charge in [-0.15, -0.1) is 0 Å². The number of benzene rings is 1. The quantitative estimate of drug-likeness (QED) is 0.834. The zero-order valence-electron chi connectivity index (χ0n) is 8.33. The molecule has 2 rings (SSSR count). The Morgan fingerprint density at radius 2 is 2.21 bits per heavy atom. The molecule has 0 spiro atoms. The van der Waals surface area contributed by atoms with Crippen LogP contribution in [0.1, 0.15) is 12.0 Å². The van der Waals surface area contributed by atoms with Crippen LogP contribution in [0, 0.1) is 6.92 Å². The Balaban J connectivity index is 2.23. The zero-order valence-corrected chi connectivity index (χ0v) is 9.92. The number of hydrogen-bond donors (Lipinski definition) is 1. The average molecular weight is 255 g/mol. The van der Waals surface area contributed by atoms with E-state index in [-0.39, 0.29) is 0 Å². The molecule has 14 heavy (non-hydrogen) atoms. The van der Waals surface area contributed by atoms with E-state index in [1.807, 2.05) is 0 Å². The van der Waals surface area contributed by atoms with Crippen LogP contribution in [0.4, 0.5) is 5.69 Å². The molecule has 1 atom stereocenters. The summed E-state index contributed by atoms with van der Waals surface area (Å²) in [7, 11) is 0. The predicted octanol–water partition coefficient (Wildman–Crippen LogP) is 2.29. The summed E-state index contributed by atoms with van der Waals surface area (Å²) in [5.74, 6) is 0. The maximum atomic E-state index is 5.89. The molecule has 1 aromatic rings. The third-order valence-electron chi connectivity index (χ3n) is 2.62. The molecule has 76 valence electrons. The standard InChI is InChI=1S/C11H15BrN2/c1-8-4-9(12)6-11(5-8)14-3-2-10(13)7-14/h4-6,10H,2-3,7,13H2,1H3. The molecule has 1 fully saturated rings. The van der Waals surface area contributed by atoms with Crippen LogP contribution in [-0.2, 0) is 0 Å². The van der Waals surface area contributed by atoms with Gasteiger partial charge in [-0.05, 0) is 37.1 Å². The highest BCUT2D eigenvalue weighted by Gasteiger charge is 2.19. The lowest BCUT2D eigenvalue weighted by Crippen LogP contribution is -2.26. The van der Waals surface area contributed by atoms with Crippen LogP contribution >= 0.6 is 15.9 Å². The number of rotatable bonds is 1. The van der Waals surface area contributed by atoms with Crippen molar-refractivity contribution in [2.24, 2.45) is 5.73 Å². The van der Waals surface area contributed by atoms with Crippen molar-refractivity contribution in [2.75, 3.05) is 18.0 Å². The van der Waals surface area contributed by atoms with Gasteiger partial charge < -0.3 is 10.6 Å². The van der Waals surface area contributed by atoms with E-state index in [9.17, 15) is 0 Å². The van der Waals surface area contributed by atoms with E-state index in [2.05, 4.69) is 46.0 Å². The van der Waals surface area contributed by atoms with Crippen LogP contribution in [0.3, 0.4) is 0 Å². The van der Waals surface area contributed by atoms with Crippen molar-refractivity contribution >= 4 is 21.6 Å². The molecule has 0 radical (unpaired) electrons. The second kappa shape index (κ2) is 3.91. The number of anilines is 1. The fourth-order valence-electron chi connectivity index (χ4n) is 1.92. The summed E-state index contributed by atoms with van der Waals surface area (Å²) in [6.07, 6.45) is 1.10. The number of nitrogens with two attached hydrogens (primary N) is 1. The van der Waals surface area contributed by atoms with Crippen molar-refractivity contribution < 1.29 is 0 Å². The Morgan fingerprint density at radius 1 is 1.43 bits per heavy atom. The molecule has 0 bridgehead atoms. The normalized spacial score (nSPS) is 21.6. The van der Waals surface area contributed by atoms with Crippen molar-refractivity contribution in [3.63, 3.8) is 0 Å². The fourth-order valence-corrected chi connectivity index (χ4v) is 2.52. The molecule has 1 aliphatic rings. The molecule has 2 nitrogen and oxygen atoms in total. The van der Waals surface area contributed by atoms with E-state index < -0.39 is 0 Å². The highest BCUT2D eigenvalue weighted by molar-refractivity contribution is 9.10. The minimum atomic E-state index is 0.342. The third kappa shape index (κ3) is 2.10. The molecular weight excluding hydrogens is 240 g/mol. The number of halogens is 1. The molecule has 2 N–H and O–H groups in total. The van der Waals surface area contributed by atoms with Gasteiger partial charge in [-0.2, -0.15) is 0 Å². The molecule has 1 saturated heterocycles. The van der Waals surface area contributed by atoms with Gasteiger partial charge in [-0.1, -0.05) is 15.9 Å².